The molecule has 0 aliphatic rings. The molecule has 1 aromatic carbocycles. The maximum Gasteiger partial charge on any atom is 0.265 e. The molecule has 0 fully saturated rings. The largest absolute Gasteiger partial charge is 0.321 e. The molecule has 0 unspecified atom stereocenters. The normalized spacial score (nSPS) is 11.4. The van der Waals surface area contributed by atoms with E-state index in [1.807, 2.05) is 0 Å². The summed E-state index contributed by atoms with van der Waals surface area (Å²) in [6.07, 6.45) is 0. The van der Waals surface area contributed by atoms with Gasteiger partial charge in [0.05, 0.1) is 9.77 Å². The molecule has 0 atom stereocenters. The van der Waals surface area contributed by atoms with Gasteiger partial charge < -0.3 is 5.32 Å². The van der Waals surface area contributed by atoms with Gasteiger partial charge in [0.25, 0.3) is 5.91 Å². The van der Waals surface area contributed by atoms with Gasteiger partial charge in [-0.2, -0.15) is 0 Å². The van der Waals surface area contributed by atoms with Crippen LogP contribution in [0.5, 0.6) is 0 Å². The fourth-order valence-electron chi connectivity index (χ4n) is 1.77. The number of nitrogens with one attached hydrogen (secondary N) is 1. The number of rotatable bonds is 3. The zero-order valence-electron chi connectivity index (χ0n) is 11.3. The lowest BCUT2D eigenvalue weighted by Gasteiger charge is -2.05. The summed E-state index contributed by atoms with van der Waals surface area (Å²) < 4.78 is 35.8. The van der Waals surface area contributed by atoms with Crippen LogP contribution in [-0.4, -0.2) is 14.3 Å². The number of sulfonamides is 1. The van der Waals surface area contributed by atoms with Crippen molar-refractivity contribution in [3.05, 3.63) is 45.4 Å². The summed E-state index contributed by atoms with van der Waals surface area (Å²) in [6, 6.07) is 5.41. The number of halogens is 1. The molecule has 1 heterocycles. The maximum absolute atomic E-state index is 13.2. The van der Waals surface area contributed by atoms with Crippen molar-refractivity contribution in [2.45, 2.75) is 18.7 Å². The second kappa shape index (κ2) is 5.55. The van der Waals surface area contributed by atoms with Gasteiger partial charge in [0, 0.05) is 10.6 Å². The molecular formula is C13H13FN2O3S2. The van der Waals surface area contributed by atoms with Crippen molar-refractivity contribution in [3.63, 3.8) is 0 Å². The second-order valence-electron chi connectivity index (χ2n) is 4.49. The minimum Gasteiger partial charge on any atom is -0.321 e. The number of carbonyl (C=O) groups is 1. The SMILES string of the molecule is Cc1cc(NC(=O)c2cc(S(N)(=O)=O)c(C)s2)ccc1F. The molecule has 0 radical (unpaired) electrons. The highest BCUT2D eigenvalue weighted by atomic mass is 32.2. The molecule has 0 bridgehead atoms. The zero-order chi connectivity index (χ0) is 15.8. The van der Waals surface area contributed by atoms with Crippen LogP contribution in [0.15, 0.2) is 29.2 Å². The first-order valence-electron chi connectivity index (χ1n) is 5.89. The van der Waals surface area contributed by atoms with E-state index in [4.69, 9.17) is 5.14 Å². The molecule has 0 aliphatic heterocycles. The lowest BCUT2D eigenvalue weighted by atomic mass is 10.2. The van der Waals surface area contributed by atoms with Gasteiger partial charge in [0.1, 0.15) is 5.82 Å². The van der Waals surface area contributed by atoms with Crippen LogP contribution in [0.1, 0.15) is 20.1 Å². The molecule has 21 heavy (non-hydrogen) atoms. The highest BCUT2D eigenvalue weighted by Gasteiger charge is 2.19. The summed E-state index contributed by atoms with van der Waals surface area (Å²) in [4.78, 5) is 12.7. The Labute approximate surface area is 125 Å². The Morgan fingerprint density at radius 1 is 1.29 bits per heavy atom. The summed E-state index contributed by atoms with van der Waals surface area (Å²) in [5.74, 6) is -0.833. The van der Waals surface area contributed by atoms with Crippen LogP contribution in [-0.2, 0) is 10.0 Å². The fourth-order valence-corrected chi connectivity index (χ4v) is 3.82. The number of benzene rings is 1. The second-order valence-corrected chi connectivity index (χ2v) is 7.28. The maximum atomic E-state index is 13.2. The number of primary sulfonamides is 1. The van der Waals surface area contributed by atoms with Gasteiger partial charge >= 0.3 is 0 Å². The van der Waals surface area contributed by atoms with Crippen molar-refractivity contribution >= 4 is 33.0 Å². The van der Waals surface area contributed by atoms with E-state index in [-0.39, 0.29) is 15.6 Å². The van der Waals surface area contributed by atoms with Crippen LogP contribution in [0, 0.1) is 19.7 Å². The number of carbonyl (C=O) groups excluding carboxylic acids is 1. The Balaban J connectivity index is 2.27. The van der Waals surface area contributed by atoms with Crippen LogP contribution >= 0.6 is 11.3 Å². The number of amides is 1. The molecule has 1 amide bonds. The summed E-state index contributed by atoms with van der Waals surface area (Å²) in [7, 11) is -3.85. The highest BCUT2D eigenvalue weighted by molar-refractivity contribution is 7.89. The number of hydrogen-bond donors (Lipinski definition) is 2. The first-order chi connectivity index (χ1) is 9.68. The van der Waals surface area contributed by atoms with Crippen molar-refractivity contribution in [3.8, 4) is 0 Å². The van der Waals surface area contributed by atoms with E-state index in [9.17, 15) is 17.6 Å². The lowest BCUT2D eigenvalue weighted by molar-refractivity contribution is 0.103. The van der Waals surface area contributed by atoms with Gasteiger partial charge in [0.2, 0.25) is 10.0 Å². The Kier molecular flexibility index (Phi) is 4.13. The van der Waals surface area contributed by atoms with E-state index in [0.717, 1.165) is 11.3 Å². The van der Waals surface area contributed by atoms with Gasteiger partial charge in [-0.1, -0.05) is 0 Å². The first kappa shape index (κ1) is 15.6. The number of aryl methyl sites for hydroxylation is 2. The zero-order valence-corrected chi connectivity index (χ0v) is 12.9. The summed E-state index contributed by atoms with van der Waals surface area (Å²) in [6.45, 7) is 3.16. The molecule has 5 nitrogen and oxygen atoms in total. The average Bonchev–Trinajstić information content (AvgIpc) is 2.76. The van der Waals surface area contributed by atoms with E-state index in [0.29, 0.717) is 16.1 Å². The molecule has 8 heteroatoms. The number of hydrogen-bond acceptors (Lipinski definition) is 4. The van der Waals surface area contributed by atoms with Gasteiger partial charge in [-0.3, -0.25) is 4.79 Å². The van der Waals surface area contributed by atoms with Crippen LogP contribution in [0.3, 0.4) is 0 Å². The van der Waals surface area contributed by atoms with Crippen LogP contribution in [0.25, 0.3) is 0 Å². The monoisotopic (exact) mass is 328 g/mol. The summed E-state index contributed by atoms with van der Waals surface area (Å²) >= 11 is 1.03. The van der Waals surface area contributed by atoms with E-state index in [2.05, 4.69) is 5.32 Å². The molecule has 1 aromatic heterocycles. The number of thiophene rings is 1. The van der Waals surface area contributed by atoms with E-state index >= 15 is 0 Å². The summed E-state index contributed by atoms with van der Waals surface area (Å²) in [5.41, 5.74) is 0.836. The third-order valence-corrected chi connectivity index (χ3v) is 5.03. The number of nitrogens with two attached hydrogens (primary N) is 1. The van der Waals surface area contributed by atoms with Gasteiger partial charge in [-0.15, -0.1) is 11.3 Å². The Morgan fingerprint density at radius 2 is 1.95 bits per heavy atom. The lowest BCUT2D eigenvalue weighted by Crippen LogP contribution is -2.13. The van der Waals surface area contributed by atoms with E-state index in [1.165, 1.54) is 24.3 Å². The molecule has 0 spiro atoms. The molecule has 2 aromatic rings. The van der Waals surface area contributed by atoms with Crippen LogP contribution in [0.4, 0.5) is 10.1 Å². The molecule has 112 valence electrons. The Morgan fingerprint density at radius 3 is 2.48 bits per heavy atom. The Hall–Kier alpha value is -1.77. The first-order valence-corrected chi connectivity index (χ1v) is 8.25. The molecule has 3 N–H and O–H groups in total. The van der Waals surface area contributed by atoms with Crippen molar-refractivity contribution in [1.82, 2.24) is 0 Å². The van der Waals surface area contributed by atoms with Crippen molar-refractivity contribution in [2.75, 3.05) is 5.32 Å². The molecular weight excluding hydrogens is 315 g/mol. The average molecular weight is 328 g/mol. The molecule has 2 rings (SSSR count). The quantitative estimate of drug-likeness (QED) is 0.906. The Bertz CT molecular complexity index is 813. The van der Waals surface area contributed by atoms with Crippen molar-refractivity contribution in [1.29, 1.82) is 0 Å². The summed E-state index contributed by atoms with van der Waals surface area (Å²) in [5, 5.41) is 7.65. The van der Waals surface area contributed by atoms with E-state index < -0.39 is 15.9 Å². The molecule has 0 saturated heterocycles. The molecule has 0 aliphatic carbocycles. The number of anilines is 1. The fraction of sp³-hybridized carbons (Fsp3) is 0.154. The van der Waals surface area contributed by atoms with Crippen molar-refractivity contribution in [2.24, 2.45) is 5.14 Å². The third-order valence-electron chi connectivity index (χ3n) is 2.82. The smallest absolute Gasteiger partial charge is 0.265 e. The minimum absolute atomic E-state index is 0.0621. The van der Waals surface area contributed by atoms with Crippen LogP contribution in [0.2, 0.25) is 0 Å². The van der Waals surface area contributed by atoms with Crippen LogP contribution < -0.4 is 10.5 Å². The van der Waals surface area contributed by atoms with E-state index in [1.54, 1.807) is 13.8 Å². The van der Waals surface area contributed by atoms with Gasteiger partial charge in [0.15, 0.2) is 0 Å². The van der Waals surface area contributed by atoms with Crippen molar-refractivity contribution < 1.29 is 17.6 Å². The third kappa shape index (κ3) is 3.46. The minimum atomic E-state index is -3.85. The van der Waals surface area contributed by atoms with Gasteiger partial charge in [-0.25, -0.2) is 17.9 Å². The predicted octanol–water partition coefficient (Wildman–Crippen LogP) is 2.40. The highest BCUT2D eigenvalue weighted by Crippen LogP contribution is 2.25. The topological polar surface area (TPSA) is 89.3 Å². The van der Waals surface area contributed by atoms with Gasteiger partial charge in [-0.05, 0) is 43.7 Å². The molecule has 0 saturated carbocycles. The predicted molar refractivity (Wildman–Crippen MR) is 79.5 cm³/mol. The standard InChI is InChI=1S/C13H13FN2O3S2/c1-7-5-9(3-4-10(7)14)16-13(17)11-6-12(8(2)20-11)21(15,18)19/h3-6H,1-2H3,(H,16,17)(H2,15,18,19).